The molecule has 198 valence electrons. The van der Waals surface area contributed by atoms with Crippen LogP contribution in [0.4, 0.5) is 4.79 Å². The van der Waals surface area contributed by atoms with Gasteiger partial charge in [0.05, 0.1) is 42.0 Å². The molecule has 2 aromatic rings. The summed E-state index contributed by atoms with van der Waals surface area (Å²) in [5.41, 5.74) is 1.87. The Morgan fingerprint density at radius 2 is 2.06 bits per heavy atom. The number of benzene rings is 1. The lowest BCUT2D eigenvalue weighted by Gasteiger charge is -2.26. The van der Waals surface area contributed by atoms with Crippen LogP contribution < -0.4 is 15.4 Å². The molecule has 4 rings (SSSR count). The van der Waals surface area contributed by atoms with Crippen LogP contribution in [0.15, 0.2) is 29.6 Å². The third-order valence-electron chi connectivity index (χ3n) is 6.35. The van der Waals surface area contributed by atoms with Gasteiger partial charge in [0, 0.05) is 11.9 Å². The van der Waals surface area contributed by atoms with Crippen molar-refractivity contribution in [2.45, 2.75) is 64.8 Å². The maximum absolute atomic E-state index is 12.8. The Hall–Kier alpha value is -2.24. The summed E-state index contributed by atoms with van der Waals surface area (Å²) in [6.45, 7) is 8.68. The summed E-state index contributed by atoms with van der Waals surface area (Å²) in [6.07, 6.45) is -0.715. The van der Waals surface area contributed by atoms with Crippen molar-refractivity contribution in [1.82, 2.24) is 15.6 Å². The summed E-state index contributed by atoms with van der Waals surface area (Å²) in [5, 5.41) is 20.1. The maximum Gasteiger partial charge on any atom is 0.407 e. The number of aromatic nitrogens is 1. The van der Waals surface area contributed by atoms with Crippen molar-refractivity contribution >= 4 is 17.4 Å². The van der Waals surface area contributed by atoms with E-state index in [0.29, 0.717) is 38.7 Å². The molecule has 2 saturated heterocycles. The predicted octanol–water partition coefficient (Wildman–Crippen LogP) is 3.04. The first-order valence-corrected chi connectivity index (χ1v) is 13.5. The van der Waals surface area contributed by atoms with Gasteiger partial charge in [-0.25, -0.2) is 9.78 Å². The van der Waals surface area contributed by atoms with E-state index >= 15 is 0 Å². The lowest BCUT2D eigenvalue weighted by atomic mass is 10.0. The molecule has 2 unspecified atom stereocenters. The zero-order chi connectivity index (χ0) is 25.5. The number of thiazole rings is 1. The molecule has 0 radical (unpaired) electrons. The number of nitrogens with one attached hydrogen (secondary N) is 2. The normalized spacial score (nSPS) is 22.9. The number of hydrogen-bond donors (Lipinski definition) is 3. The Kier molecular flexibility index (Phi) is 9.55. The molecule has 1 aromatic heterocycles. The number of carbonyl (C=O) groups excluding carboxylic acids is 1. The van der Waals surface area contributed by atoms with Gasteiger partial charge >= 0.3 is 6.09 Å². The minimum absolute atomic E-state index is 0.0626. The van der Waals surface area contributed by atoms with E-state index in [-0.39, 0.29) is 18.3 Å². The highest BCUT2D eigenvalue weighted by Crippen LogP contribution is 2.33. The molecular weight excluding hydrogens is 482 g/mol. The molecule has 3 N–H and O–H groups in total. The molecule has 0 spiro atoms. The van der Waals surface area contributed by atoms with Crippen molar-refractivity contribution < 1.29 is 28.8 Å². The van der Waals surface area contributed by atoms with Gasteiger partial charge in [-0.1, -0.05) is 26.0 Å². The van der Waals surface area contributed by atoms with E-state index in [4.69, 9.17) is 18.9 Å². The first kappa shape index (κ1) is 26.8. The lowest BCUT2D eigenvalue weighted by molar-refractivity contribution is -0.0907. The number of aliphatic hydroxyl groups excluding tert-OH is 1. The first-order chi connectivity index (χ1) is 17.4. The number of alkyl carbamates (subject to hydrolysis) is 1. The Morgan fingerprint density at radius 1 is 1.25 bits per heavy atom. The average Bonchev–Trinajstić information content (AvgIpc) is 3.57. The molecule has 10 heteroatoms. The van der Waals surface area contributed by atoms with E-state index in [9.17, 15) is 9.90 Å². The Labute approximate surface area is 216 Å². The van der Waals surface area contributed by atoms with E-state index in [2.05, 4.69) is 29.5 Å². The van der Waals surface area contributed by atoms with Crippen LogP contribution in [0, 0.1) is 18.8 Å². The molecule has 0 saturated carbocycles. The minimum Gasteiger partial charge on any atom is -0.487 e. The Bertz CT molecular complexity index is 969. The summed E-state index contributed by atoms with van der Waals surface area (Å²) < 4.78 is 22.6. The topological polar surface area (TPSA) is 111 Å². The van der Waals surface area contributed by atoms with Crippen molar-refractivity contribution in [2.75, 3.05) is 26.3 Å². The highest BCUT2D eigenvalue weighted by atomic mass is 32.1. The third kappa shape index (κ3) is 7.63. The largest absolute Gasteiger partial charge is 0.487 e. The molecule has 9 nitrogen and oxygen atoms in total. The fourth-order valence-corrected chi connectivity index (χ4v) is 5.02. The van der Waals surface area contributed by atoms with Gasteiger partial charge in [-0.05, 0) is 49.9 Å². The number of nitrogens with zero attached hydrogens (tertiary/aromatic N) is 1. The molecule has 2 fully saturated rings. The van der Waals surface area contributed by atoms with Gasteiger partial charge in [0.15, 0.2) is 6.29 Å². The van der Waals surface area contributed by atoms with E-state index in [0.717, 1.165) is 35.0 Å². The highest BCUT2D eigenvalue weighted by Gasteiger charge is 2.44. The van der Waals surface area contributed by atoms with E-state index in [1.54, 1.807) is 11.3 Å². The van der Waals surface area contributed by atoms with Gasteiger partial charge in [0.1, 0.15) is 18.5 Å². The minimum atomic E-state index is -0.789. The van der Waals surface area contributed by atoms with Crippen molar-refractivity contribution in [2.24, 2.45) is 11.8 Å². The van der Waals surface area contributed by atoms with Crippen LogP contribution >= 0.6 is 11.3 Å². The number of hydrogen-bond acceptors (Lipinski definition) is 9. The van der Waals surface area contributed by atoms with Crippen LogP contribution in [-0.2, 0) is 27.2 Å². The number of fused-ring (bicyclic) bond motifs is 1. The van der Waals surface area contributed by atoms with E-state index in [1.165, 1.54) is 0 Å². The summed E-state index contributed by atoms with van der Waals surface area (Å²) in [5.74, 6) is 1.26. The predicted molar refractivity (Wildman–Crippen MR) is 136 cm³/mol. The van der Waals surface area contributed by atoms with Crippen LogP contribution in [0.25, 0.3) is 0 Å². The van der Waals surface area contributed by atoms with Crippen molar-refractivity contribution in [3.8, 4) is 5.75 Å². The van der Waals surface area contributed by atoms with Crippen LogP contribution in [0.1, 0.15) is 36.5 Å². The smallest absolute Gasteiger partial charge is 0.407 e. The number of aryl methyl sites for hydroxylation is 1. The second kappa shape index (κ2) is 12.8. The summed E-state index contributed by atoms with van der Waals surface area (Å²) in [7, 11) is 0. The quantitative estimate of drug-likeness (QED) is 0.393. The van der Waals surface area contributed by atoms with Crippen molar-refractivity contribution in [3.05, 3.63) is 45.9 Å². The van der Waals surface area contributed by atoms with Gasteiger partial charge < -0.3 is 34.7 Å². The zero-order valence-electron chi connectivity index (χ0n) is 21.1. The third-order valence-corrected chi connectivity index (χ3v) is 7.17. The molecule has 0 bridgehead atoms. The highest BCUT2D eigenvalue weighted by molar-refractivity contribution is 7.09. The van der Waals surface area contributed by atoms with Crippen LogP contribution in [0.5, 0.6) is 5.75 Å². The summed E-state index contributed by atoms with van der Waals surface area (Å²) in [4.78, 5) is 17.2. The van der Waals surface area contributed by atoms with Crippen LogP contribution in [0.2, 0.25) is 0 Å². The first-order valence-electron chi connectivity index (χ1n) is 12.6. The SMILES string of the molecule is Cc1nc(COc2ccc(C[C@H](NC(=O)O[C@H]3COC4OCCC43)[C@H](O)CNCC(C)C)cc2)cs1. The standard InChI is InChI=1S/C26H37N3O6S/c1-16(2)11-27-12-23(30)22(29-26(31)35-24-14-34-25-21(24)8-9-32-25)10-18-4-6-20(7-5-18)33-13-19-15-36-17(3)28-19/h4-7,15-16,21-25,27,30H,8-14H2,1-3H3,(H,29,31)/t21?,22-,23+,24-,25?/m0/s1. The fourth-order valence-electron chi connectivity index (χ4n) is 4.42. The fraction of sp³-hybridized carbons (Fsp3) is 0.615. The molecule has 1 aromatic carbocycles. The number of ether oxygens (including phenoxy) is 4. The second-order valence-corrected chi connectivity index (χ2v) is 10.9. The summed E-state index contributed by atoms with van der Waals surface area (Å²) in [6, 6.07) is 7.15. The summed E-state index contributed by atoms with van der Waals surface area (Å²) >= 11 is 1.60. The molecule has 3 heterocycles. The lowest BCUT2D eigenvalue weighted by Crippen LogP contribution is -2.50. The zero-order valence-corrected chi connectivity index (χ0v) is 22.0. The molecule has 2 aliphatic heterocycles. The van der Waals surface area contributed by atoms with Gasteiger partial charge in [-0.2, -0.15) is 0 Å². The number of amides is 1. The molecular formula is C26H37N3O6S. The number of rotatable bonds is 12. The number of aliphatic hydroxyl groups is 1. The van der Waals surface area contributed by atoms with E-state index < -0.39 is 18.2 Å². The van der Waals surface area contributed by atoms with Gasteiger partial charge in [0.2, 0.25) is 0 Å². The average molecular weight is 520 g/mol. The van der Waals surface area contributed by atoms with E-state index in [1.807, 2.05) is 36.6 Å². The second-order valence-electron chi connectivity index (χ2n) is 9.83. The molecule has 2 aliphatic rings. The molecule has 1 amide bonds. The van der Waals surface area contributed by atoms with Crippen molar-refractivity contribution in [3.63, 3.8) is 0 Å². The monoisotopic (exact) mass is 519 g/mol. The van der Waals surface area contributed by atoms with Crippen molar-refractivity contribution in [1.29, 1.82) is 0 Å². The van der Waals surface area contributed by atoms with Gasteiger partial charge in [-0.15, -0.1) is 11.3 Å². The van der Waals surface area contributed by atoms with Crippen LogP contribution in [0.3, 0.4) is 0 Å². The Balaban J connectivity index is 1.33. The van der Waals surface area contributed by atoms with Gasteiger partial charge in [0.25, 0.3) is 0 Å². The molecule has 5 atom stereocenters. The van der Waals surface area contributed by atoms with Crippen LogP contribution in [-0.4, -0.2) is 67.0 Å². The maximum atomic E-state index is 12.8. The molecule has 36 heavy (non-hydrogen) atoms. The number of carbonyl (C=O) groups is 1. The Morgan fingerprint density at radius 3 is 2.78 bits per heavy atom. The van der Waals surface area contributed by atoms with Gasteiger partial charge in [-0.3, -0.25) is 0 Å². The molecule has 0 aliphatic carbocycles.